The van der Waals surface area contributed by atoms with Crippen molar-refractivity contribution in [3.8, 4) is 0 Å². The molecule has 2 amide bonds. The number of amides is 2. The van der Waals surface area contributed by atoms with Crippen LogP contribution in [0.1, 0.15) is 75.7 Å². The molecule has 0 aromatic heterocycles. The van der Waals surface area contributed by atoms with E-state index in [0.29, 0.717) is 6.54 Å². The van der Waals surface area contributed by atoms with Gasteiger partial charge in [-0.2, -0.15) is 0 Å². The second-order valence-electron chi connectivity index (χ2n) is 7.13. The maximum atomic E-state index is 9.70. The Morgan fingerprint density at radius 3 is 0.914 bits per heavy atom. The first-order valence-corrected chi connectivity index (χ1v) is 12.0. The van der Waals surface area contributed by atoms with Gasteiger partial charge in [-0.15, -0.1) is 0 Å². The SMILES string of the molecule is CC(O)C(C)O.CC=CC.CCC(C)O.CCNC.CNC(C)=O.CNC(C)=O.CNCC(C)O. The molecule has 0 heterocycles. The number of allylic oxidation sites excluding steroid dienone is 2. The van der Waals surface area contributed by atoms with Crippen molar-refractivity contribution in [3.05, 3.63) is 12.2 Å². The van der Waals surface area contributed by atoms with Crippen LogP contribution in [0.2, 0.25) is 0 Å². The molecule has 0 spiro atoms. The summed E-state index contributed by atoms with van der Waals surface area (Å²) < 4.78 is 0. The predicted octanol–water partition coefficient (Wildman–Crippen LogP) is 1.42. The van der Waals surface area contributed by atoms with Gasteiger partial charge < -0.3 is 41.7 Å². The molecular weight excluding hydrogens is 452 g/mol. The highest BCUT2D eigenvalue weighted by atomic mass is 16.3. The number of hydrogen-bond acceptors (Lipinski definition) is 8. The second-order valence-corrected chi connectivity index (χ2v) is 7.13. The van der Waals surface area contributed by atoms with Crippen LogP contribution in [0.4, 0.5) is 0 Å². The lowest BCUT2D eigenvalue weighted by molar-refractivity contribution is -0.119. The van der Waals surface area contributed by atoms with Crippen molar-refractivity contribution < 1.29 is 30.0 Å². The molecule has 0 aromatic rings. The Kier molecular flexibility index (Phi) is 71.3. The van der Waals surface area contributed by atoms with Gasteiger partial charge in [0, 0.05) is 34.5 Å². The minimum atomic E-state index is -0.593. The van der Waals surface area contributed by atoms with E-state index in [9.17, 15) is 9.59 Å². The summed E-state index contributed by atoms with van der Waals surface area (Å²) in [6.45, 7) is 19.3. The number of aliphatic hydroxyl groups is 4. The van der Waals surface area contributed by atoms with E-state index in [1.54, 1.807) is 41.8 Å². The first-order valence-electron chi connectivity index (χ1n) is 12.0. The van der Waals surface area contributed by atoms with Gasteiger partial charge in [-0.3, -0.25) is 9.59 Å². The molecule has 218 valence electrons. The first-order chi connectivity index (χ1) is 16.1. The summed E-state index contributed by atoms with van der Waals surface area (Å²) in [6.07, 6.45) is 3.35. The van der Waals surface area contributed by atoms with Crippen LogP contribution in [-0.4, -0.2) is 97.9 Å². The van der Waals surface area contributed by atoms with Crippen LogP contribution < -0.4 is 21.3 Å². The van der Waals surface area contributed by atoms with E-state index in [1.807, 2.05) is 47.0 Å². The lowest BCUT2D eigenvalue weighted by Gasteiger charge is -2.03. The van der Waals surface area contributed by atoms with Crippen LogP contribution in [0.25, 0.3) is 0 Å². The van der Waals surface area contributed by atoms with Gasteiger partial charge in [-0.05, 0) is 68.6 Å². The number of carbonyl (C=O) groups is 2. The Morgan fingerprint density at radius 2 is 0.914 bits per heavy atom. The van der Waals surface area contributed by atoms with Crippen molar-refractivity contribution in [2.45, 2.75) is 100 Å². The summed E-state index contributed by atoms with van der Waals surface area (Å²) in [5.41, 5.74) is 0. The molecule has 10 nitrogen and oxygen atoms in total. The highest BCUT2D eigenvalue weighted by molar-refractivity contribution is 5.72. The van der Waals surface area contributed by atoms with Gasteiger partial charge in [0.05, 0.1) is 24.4 Å². The molecule has 0 aromatic carbocycles. The monoisotopic (exact) mass is 514 g/mol. The Bertz CT molecular complexity index is 366. The highest BCUT2D eigenvalue weighted by Crippen LogP contribution is 1.85. The third kappa shape index (κ3) is 166. The maximum Gasteiger partial charge on any atom is 0.216 e. The molecule has 0 saturated heterocycles. The summed E-state index contributed by atoms with van der Waals surface area (Å²) in [7, 11) is 6.94. The molecule has 0 aliphatic heterocycles. The fourth-order valence-electron chi connectivity index (χ4n) is 0.295. The third-order valence-electron chi connectivity index (χ3n) is 3.18. The minimum absolute atomic E-state index is 0.00463. The van der Waals surface area contributed by atoms with Crippen molar-refractivity contribution >= 4 is 11.8 Å². The van der Waals surface area contributed by atoms with Crippen LogP contribution in [0, 0.1) is 0 Å². The highest BCUT2D eigenvalue weighted by Gasteiger charge is 1.99. The van der Waals surface area contributed by atoms with Gasteiger partial charge in [0.15, 0.2) is 0 Å². The number of rotatable bonds is 5. The molecule has 35 heavy (non-hydrogen) atoms. The first kappa shape index (κ1) is 50.3. The van der Waals surface area contributed by atoms with Gasteiger partial charge in [0.25, 0.3) is 0 Å². The molecule has 10 heteroatoms. The number of hydrogen-bond donors (Lipinski definition) is 8. The lowest BCUT2D eigenvalue weighted by atomic mass is 10.3. The van der Waals surface area contributed by atoms with Crippen molar-refractivity contribution in [2.75, 3.05) is 41.3 Å². The van der Waals surface area contributed by atoms with Crippen LogP contribution in [0.3, 0.4) is 0 Å². The quantitative estimate of drug-likeness (QED) is 0.255. The molecule has 4 unspecified atom stereocenters. The van der Waals surface area contributed by atoms with Gasteiger partial charge in [-0.1, -0.05) is 26.0 Å². The van der Waals surface area contributed by atoms with E-state index in [1.165, 1.54) is 13.8 Å². The Hall–Kier alpha value is -1.56. The minimum Gasteiger partial charge on any atom is -0.393 e. The van der Waals surface area contributed by atoms with Crippen molar-refractivity contribution in [3.63, 3.8) is 0 Å². The average molecular weight is 515 g/mol. The second kappa shape index (κ2) is 49.5. The average Bonchev–Trinajstić information content (AvgIpc) is 2.80. The molecule has 0 radical (unpaired) electrons. The molecule has 0 fully saturated rings. The van der Waals surface area contributed by atoms with Crippen LogP contribution in [-0.2, 0) is 9.59 Å². The molecular formula is C25H62N4O6. The topological polar surface area (TPSA) is 163 Å². The summed E-state index contributed by atoms with van der Waals surface area (Å²) >= 11 is 0. The van der Waals surface area contributed by atoms with Crippen LogP contribution in [0.5, 0.6) is 0 Å². The Morgan fingerprint density at radius 1 is 0.686 bits per heavy atom. The molecule has 0 rings (SSSR count). The Balaban J connectivity index is -0.0000000525. The fourth-order valence-corrected chi connectivity index (χ4v) is 0.295. The van der Waals surface area contributed by atoms with Gasteiger partial charge in [0.1, 0.15) is 0 Å². The normalized spacial score (nSPS) is 11.9. The maximum absolute atomic E-state index is 9.70. The lowest BCUT2D eigenvalue weighted by Crippen LogP contribution is -2.19. The van der Waals surface area contributed by atoms with Gasteiger partial charge >= 0.3 is 0 Å². The van der Waals surface area contributed by atoms with E-state index < -0.39 is 12.2 Å². The van der Waals surface area contributed by atoms with E-state index in [2.05, 4.69) is 28.2 Å². The van der Waals surface area contributed by atoms with E-state index in [4.69, 9.17) is 20.4 Å². The Labute approximate surface area is 217 Å². The van der Waals surface area contributed by atoms with Crippen molar-refractivity contribution in [2.24, 2.45) is 0 Å². The predicted molar refractivity (Wildman–Crippen MR) is 151 cm³/mol. The van der Waals surface area contributed by atoms with Crippen LogP contribution in [0.15, 0.2) is 12.2 Å². The smallest absolute Gasteiger partial charge is 0.216 e. The van der Waals surface area contributed by atoms with E-state index in [0.717, 1.165) is 13.0 Å². The third-order valence-corrected chi connectivity index (χ3v) is 3.18. The zero-order valence-corrected chi connectivity index (χ0v) is 25.2. The van der Waals surface area contributed by atoms with E-state index in [-0.39, 0.29) is 24.0 Å². The zero-order valence-electron chi connectivity index (χ0n) is 25.2. The summed E-state index contributed by atoms with van der Waals surface area (Å²) in [5.74, 6) is 0.00926. The number of carbonyl (C=O) groups excluding carboxylic acids is 2. The number of aliphatic hydroxyl groups excluding tert-OH is 4. The fraction of sp³-hybridized carbons (Fsp3) is 0.840. The number of likely N-dealkylation sites (N-methyl/N-ethyl adjacent to an activating group) is 1. The van der Waals surface area contributed by atoms with Crippen molar-refractivity contribution in [1.29, 1.82) is 0 Å². The molecule has 8 N–H and O–H groups in total. The van der Waals surface area contributed by atoms with E-state index >= 15 is 0 Å². The molecule has 0 saturated carbocycles. The molecule has 4 atom stereocenters. The molecule has 0 aliphatic rings. The number of nitrogens with one attached hydrogen (secondary N) is 4. The summed E-state index contributed by atoms with van der Waals surface area (Å²) in [6, 6.07) is 0. The standard InChI is InChI=1S/C4H11NO.C4H10O2.C4H10O.C4H8.2C3H7NO.C3H9N/c1-4(6)3-5-2;1-3(5)4(2)6;1-3-4(2)5;1-3-4-2;2*1-3(5)4-2;1-3-4-2/h4-6H,3H2,1-2H3;3-6H,1-2H3;4-5H,3H2,1-2H3;3-4H,1-2H3;2*1-2H3,(H,4,5);4H,3H2,1-2H3. The van der Waals surface area contributed by atoms with Gasteiger partial charge in [-0.25, -0.2) is 0 Å². The summed E-state index contributed by atoms with van der Waals surface area (Å²) in [5, 5.41) is 44.1. The molecule has 0 aliphatic carbocycles. The van der Waals surface area contributed by atoms with Gasteiger partial charge in [0.2, 0.25) is 11.8 Å². The van der Waals surface area contributed by atoms with Crippen LogP contribution >= 0.6 is 0 Å². The zero-order chi connectivity index (χ0) is 29.8. The summed E-state index contributed by atoms with van der Waals surface area (Å²) in [4.78, 5) is 19.4. The van der Waals surface area contributed by atoms with Crippen molar-refractivity contribution in [1.82, 2.24) is 21.3 Å². The molecule has 0 bridgehead atoms. The largest absolute Gasteiger partial charge is 0.393 e.